The number of nitrogens with one attached hydrogen (secondary N) is 1. The molecule has 0 bridgehead atoms. The van der Waals surface area contributed by atoms with E-state index in [9.17, 15) is 13.2 Å². The van der Waals surface area contributed by atoms with Gasteiger partial charge in [0.05, 0.1) is 0 Å². The van der Waals surface area contributed by atoms with Crippen LogP contribution >= 0.6 is 0 Å². The first-order valence-electron chi connectivity index (χ1n) is 6.11. The number of nitrogens with two attached hydrogens (primary N) is 1. The molecule has 0 aliphatic heterocycles. The number of rotatable bonds is 6. The Bertz CT molecular complexity index is 376. The summed E-state index contributed by atoms with van der Waals surface area (Å²) in [4.78, 5) is 0. The molecule has 0 aromatic heterocycles. The van der Waals surface area contributed by atoms with E-state index in [0.29, 0.717) is 24.9 Å². The van der Waals surface area contributed by atoms with Gasteiger partial charge in [-0.25, -0.2) is 0 Å². The van der Waals surface area contributed by atoms with E-state index < -0.39 is 6.36 Å². The van der Waals surface area contributed by atoms with Crippen LogP contribution in [0.25, 0.3) is 0 Å². The molecule has 1 aromatic rings. The summed E-state index contributed by atoms with van der Waals surface area (Å²) in [5.74, 6) is 0.550. The molecule has 19 heavy (non-hydrogen) atoms. The van der Waals surface area contributed by atoms with E-state index in [1.54, 1.807) is 12.1 Å². The normalized spacial score (nSPS) is 13.4. The minimum Gasteiger partial charge on any atom is -0.406 e. The maximum atomic E-state index is 12.0. The SMILES string of the molecule is CC(C)C(CN)CNc1ccc(OC(F)(F)F)cc1. The van der Waals surface area contributed by atoms with E-state index in [0.717, 1.165) is 5.69 Å². The number of benzene rings is 1. The van der Waals surface area contributed by atoms with Crippen LogP contribution in [0.3, 0.4) is 0 Å². The van der Waals surface area contributed by atoms with E-state index >= 15 is 0 Å². The molecule has 1 rings (SSSR count). The molecule has 1 unspecified atom stereocenters. The molecule has 0 saturated heterocycles. The number of halogens is 3. The van der Waals surface area contributed by atoms with Crippen LogP contribution in [0, 0.1) is 11.8 Å². The van der Waals surface area contributed by atoms with Gasteiger partial charge in [-0.15, -0.1) is 13.2 Å². The molecule has 0 aliphatic rings. The molecular formula is C13H19F3N2O. The van der Waals surface area contributed by atoms with Crippen molar-refractivity contribution >= 4 is 5.69 Å². The molecule has 0 saturated carbocycles. The maximum Gasteiger partial charge on any atom is 0.573 e. The lowest BCUT2D eigenvalue weighted by Crippen LogP contribution is -2.27. The van der Waals surface area contributed by atoms with Crippen molar-refractivity contribution in [2.45, 2.75) is 20.2 Å². The summed E-state index contributed by atoms with van der Waals surface area (Å²) in [7, 11) is 0. The Morgan fingerprint density at radius 2 is 1.79 bits per heavy atom. The van der Waals surface area contributed by atoms with Gasteiger partial charge in [-0.1, -0.05) is 13.8 Å². The lowest BCUT2D eigenvalue weighted by atomic mass is 9.96. The summed E-state index contributed by atoms with van der Waals surface area (Å²) >= 11 is 0. The Morgan fingerprint density at radius 3 is 2.21 bits per heavy atom. The average molecular weight is 276 g/mol. The summed E-state index contributed by atoms with van der Waals surface area (Å²) in [6.45, 7) is 5.42. The number of alkyl halides is 3. The van der Waals surface area contributed by atoms with Crippen LogP contribution in [-0.2, 0) is 0 Å². The monoisotopic (exact) mass is 276 g/mol. The van der Waals surface area contributed by atoms with Crippen LogP contribution in [0.1, 0.15) is 13.8 Å². The van der Waals surface area contributed by atoms with Crippen LogP contribution in [-0.4, -0.2) is 19.5 Å². The van der Waals surface area contributed by atoms with Gasteiger partial charge in [-0.3, -0.25) is 0 Å². The second-order valence-electron chi connectivity index (χ2n) is 4.69. The lowest BCUT2D eigenvalue weighted by Gasteiger charge is -2.20. The minimum atomic E-state index is -4.66. The smallest absolute Gasteiger partial charge is 0.406 e. The van der Waals surface area contributed by atoms with Gasteiger partial charge in [0.15, 0.2) is 0 Å². The highest BCUT2D eigenvalue weighted by Gasteiger charge is 2.30. The quantitative estimate of drug-likeness (QED) is 0.838. The summed E-state index contributed by atoms with van der Waals surface area (Å²) in [5, 5.41) is 3.15. The third kappa shape index (κ3) is 5.83. The Balaban J connectivity index is 2.53. The van der Waals surface area contributed by atoms with E-state index in [2.05, 4.69) is 23.9 Å². The highest BCUT2D eigenvalue weighted by atomic mass is 19.4. The van der Waals surface area contributed by atoms with Crippen LogP contribution in [0.15, 0.2) is 24.3 Å². The highest BCUT2D eigenvalue weighted by molar-refractivity contribution is 5.46. The van der Waals surface area contributed by atoms with E-state index in [-0.39, 0.29) is 5.75 Å². The fraction of sp³-hybridized carbons (Fsp3) is 0.538. The zero-order valence-electron chi connectivity index (χ0n) is 11.0. The summed E-state index contributed by atoms with van der Waals surface area (Å²) in [6.07, 6.45) is -4.66. The topological polar surface area (TPSA) is 47.3 Å². The Morgan fingerprint density at radius 1 is 1.21 bits per heavy atom. The summed E-state index contributed by atoms with van der Waals surface area (Å²) < 4.78 is 39.7. The van der Waals surface area contributed by atoms with Crippen LogP contribution in [0.2, 0.25) is 0 Å². The van der Waals surface area contributed by atoms with Gasteiger partial charge in [0.2, 0.25) is 0 Å². The van der Waals surface area contributed by atoms with Crippen molar-refractivity contribution in [2.24, 2.45) is 17.6 Å². The molecule has 0 aliphatic carbocycles. The average Bonchev–Trinajstić information content (AvgIpc) is 2.29. The van der Waals surface area contributed by atoms with Crippen molar-refractivity contribution in [3.05, 3.63) is 24.3 Å². The number of anilines is 1. The van der Waals surface area contributed by atoms with Crippen molar-refractivity contribution in [3.8, 4) is 5.75 Å². The summed E-state index contributed by atoms with van der Waals surface area (Å²) in [5.41, 5.74) is 6.39. The third-order valence-corrected chi connectivity index (χ3v) is 2.90. The molecule has 108 valence electrons. The Hall–Kier alpha value is -1.43. The molecule has 1 aromatic carbocycles. The van der Waals surface area contributed by atoms with Crippen molar-refractivity contribution in [3.63, 3.8) is 0 Å². The number of hydrogen-bond acceptors (Lipinski definition) is 3. The van der Waals surface area contributed by atoms with E-state index in [1.807, 2.05) is 0 Å². The first kappa shape index (κ1) is 15.6. The largest absolute Gasteiger partial charge is 0.573 e. The van der Waals surface area contributed by atoms with Gasteiger partial charge in [-0.05, 0) is 42.6 Å². The van der Waals surface area contributed by atoms with Gasteiger partial charge < -0.3 is 15.8 Å². The summed E-state index contributed by atoms with van der Waals surface area (Å²) in [6, 6.07) is 5.66. The van der Waals surface area contributed by atoms with Crippen LogP contribution in [0.5, 0.6) is 5.75 Å². The molecule has 3 N–H and O–H groups in total. The fourth-order valence-electron chi connectivity index (χ4n) is 1.61. The predicted octanol–water partition coefficient (Wildman–Crippen LogP) is 3.23. The molecular weight excluding hydrogens is 257 g/mol. The van der Waals surface area contributed by atoms with E-state index in [4.69, 9.17) is 5.73 Å². The predicted molar refractivity (Wildman–Crippen MR) is 69.0 cm³/mol. The van der Waals surface area contributed by atoms with Crippen LogP contribution in [0.4, 0.5) is 18.9 Å². The van der Waals surface area contributed by atoms with Crippen molar-refractivity contribution < 1.29 is 17.9 Å². The van der Waals surface area contributed by atoms with Crippen molar-refractivity contribution in [2.75, 3.05) is 18.4 Å². The Labute approximate surface area is 110 Å². The zero-order valence-corrected chi connectivity index (χ0v) is 11.0. The molecule has 0 spiro atoms. The molecule has 0 radical (unpaired) electrons. The van der Waals surface area contributed by atoms with E-state index in [1.165, 1.54) is 12.1 Å². The second-order valence-corrected chi connectivity index (χ2v) is 4.69. The molecule has 0 fully saturated rings. The van der Waals surface area contributed by atoms with Gasteiger partial charge in [0.1, 0.15) is 5.75 Å². The third-order valence-electron chi connectivity index (χ3n) is 2.90. The Kier molecular flexibility index (Phi) is 5.47. The fourth-order valence-corrected chi connectivity index (χ4v) is 1.61. The van der Waals surface area contributed by atoms with Crippen molar-refractivity contribution in [1.29, 1.82) is 0 Å². The zero-order chi connectivity index (χ0) is 14.5. The molecule has 0 heterocycles. The van der Waals surface area contributed by atoms with Crippen LogP contribution < -0.4 is 15.8 Å². The first-order chi connectivity index (χ1) is 8.81. The standard InChI is InChI=1S/C13H19F3N2O/c1-9(2)10(7-17)8-18-11-3-5-12(6-4-11)19-13(14,15)16/h3-6,9-10,18H,7-8,17H2,1-2H3. The molecule has 0 amide bonds. The second kappa shape index (κ2) is 6.65. The number of hydrogen-bond donors (Lipinski definition) is 2. The molecule has 1 atom stereocenters. The maximum absolute atomic E-state index is 12.0. The van der Waals surface area contributed by atoms with Gasteiger partial charge >= 0.3 is 6.36 Å². The molecule has 3 nitrogen and oxygen atoms in total. The van der Waals surface area contributed by atoms with Gasteiger partial charge in [0.25, 0.3) is 0 Å². The first-order valence-corrected chi connectivity index (χ1v) is 6.11. The lowest BCUT2D eigenvalue weighted by molar-refractivity contribution is -0.274. The van der Waals surface area contributed by atoms with Crippen molar-refractivity contribution in [1.82, 2.24) is 0 Å². The molecule has 6 heteroatoms. The number of ether oxygens (including phenoxy) is 1. The minimum absolute atomic E-state index is 0.225. The van der Waals surface area contributed by atoms with Gasteiger partial charge in [-0.2, -0.15) is 0 Å². The highest BCUT2D eigenvalue weighted by Crippen LogP contribution is 2.24. The van der Waals surface area contributed by atoms with Gasteiger partial charge in [0, 0.05) is 12.2 Å².